The number of carbonyl (C=O) groups is 1. The maximum absolute atomic E-state index is 11.7. The monoisotopic (exact) mass is 294 g/mol. The van der Waals surface area contributed by atoms with Gasteiger partial charge in [0.05, 0.1) is 10.2 Å². The molecular weight excluding hydrogens is 280 g/mol. The molecule has 100 valence electrons. The number of hydrogen-bond donors (Lipinski definition) is 0. The second-order valence-electron chi connectivity index (χ2n) is 4.15. The molecule has 0 aliphatic rings. The van der Waals surface area contributed by atoms with Gasteiger partial charge in [0.25, 0.3) is 0 Å². The maximum atomic E-state index is 11.7. The Kier molecular flexibility index (Phi) is 4.56. The van der Waals surface area contributed by atoms with E-state index in [9.17, 15) is 4.79 Å². The molecule has 0 aliphatic heterocycles. The average Bonchev–Trinajstić information content (AvgIpc) is 2.67. The van der Waals surface area contributed by atoms with E-state index in [1.807, 2.05) is 29.7 Å². The third-order valence-electron chi connectivity index (χ3n) is 2.64. The van der Waals surface area contributed by atoms with Crippen LogP contribution in [0.1, 0.15) is 19.8 Å². The van der Waals surface area contributed by atoms with Crippen molar-refractivity contribution in [1.82, 2.24) is 4.57 Å². The Balaban J connectivity index is 2.62. The number of carbonyl (C=O) groups excluding carboxylic acids is 1. The first-order valence-electron chi connectivity index (χ1n) is 6.13. The Morgan fingerprint density at radius 1 is 1.58 bits per heavy atom. The molecule has 19 heavy (non-hydrogen) atoms. The van der Waals surface area contributed by atoms with Crippen molar-refractivity contribution in [2.24, 2.45) is 4.99 Å². The van der Waals surface area contributed by atoms with Gasteiger partial charge in [-0.05, 0) is 24.6 Å². The third kappa shape index (κ3) is 3.14. The number of halogens is 1. The van der Waals surface area contributed by atoms with Crippen LogP contribution in [-0.2, 0) is 11.3 Å². The molecule has 1 aromatic carbocycles. The number of hydrogen-bond acceptors (Lipinski definition) is 2. The van der Waals surface area contributed by atoms with Gasteiger partial charge in [-0.2, -0.15) is 4.99 Å². The summed E-state index contributed by atoms with van der Waals surface area (Å²) >= 11 is 7.47. The summed E-state index contributed by atoms with van der Waals surface area (Å²) in [5, 5.41) is 0.686. The van der Waals surface area contributed by atoms with E-state index >= 15 is 0 Å². The predicted molar refractivity (Wildman–Crippen MR) is 80.5 cm³/mol. The van der Waals surface area contributed by atoms with E-state index in [2.05, 4.69) is 11.6 Å². The summed E-state index contributed by atoms with van der Waals surface area (Å²) in [7, 11) is 0. The first kappa shape index (κ1) is 14.0. The molecule has 1 aromatic heterocycles. The minimum atomic E-state index is -0.0852. The number of rotatable bonds is 4. The SMILES string of the molecule is C=CCn1c(=NC(=O)CCC)sc2cc(Cl)ccc21. The van der Waals surface area contributed by atoms with Crippen LogP contribution < -0.4 is 4.80 Å². The lowest BCUT2D eigenvalue weighted by Crippen LogP contribution is -2.16. The van der Waals surface area contributed by atoms with Gasteiger partial charge in [0.2, 0.25) is 5.91 Å². The van der Waals surface area contributed by atoms with Crippen LogP contribution in [0, 0.1) is 0 Å². The molecule has 0 aliphatic carbocycles. The lowest BCUT2D eigenvalue weighted by Gasteiger charge is -2.00. The molecule has 0 spiro atoms. The molecule has 0 radical (unpaired) electrons. The van der Waals surface area contributed by atoms with E-state index in [1.54, 1.807) is 6.08 Å². The summed E-state index contributed by atoms with van der Waals surface area (Å²) in [5.41, 5.74) is 1.03. The smallest absolute Gasteiger partial charge is 0.248 e. The van der Waals surface area contributed by atoms with Gasteiger partial charge in [0, 0.05) is 18.0 Å². The molecular formula is C14H15ClN2OS. The zero-order valence-electron chi connectivity index (χ0n) is 10.7. The van der Waals surface area contributed by atoms with E-state index in [4.69, 9.17) is 11.6 Å². The van der Waals surface area contributed by atoms with E-state index in [-0.39, 0.29) is 5.91 Å². The van der Waals surface area contributed by atoms with Crippen LogP contribution in [0.15, 0.2) is 35.8 Å². The van der Waals surface area contributed by atoms with Crippen LogP contribution >= 0.6 is 22.9 Å². The van der Waals surface area contributed by atoms with Crippen molar-refractivity contribution in [3.8, 4) is 0 Å². The van der Waals surface area contributed by atoms with Crippen molar-refractivity contribution >= 4 is 39.1 Å². The van der Waals surface area contributed by atoms with Gasteiger partial charge in [-0.1, -0.05) is 35.9 Å². The average molecular weight is 295 g/mol. The van der Waals surface area contributed by atoms with E-state index < -0.39 is 0 Å². The molecule has 2 aromatic rings. The van der Waals surface area contributed by atoms with Crippen LogP contribution in [0.3, 0.4) is 0 Å². The number of thiazole rings is 1. The number of allylic oxidation sites excluding steroid dienone is 1. The van der Waals surface area contributed by atoms with Gasteiger partial charge >= 0.3 is 0 Å². The lowest BCUT2D eigenvalue weighted by molar-refractivity contribution is -0.118. The number of aromatic nitrogens is 1. The summed E-state index contributed by atoms with van der Waals surface area (Å²) < 4.78 is 3.01. The molecule has 2 rings (SSSR count). The number of nitrogens with zero attached hydrogens (tertiary/aromatic N) is 2. The molecule has 0 saturated carbocycles. The minimum Gasteiger partial charge on any atom is -0.313 e. The van der Waals surface area contributed by atoms with Crippen molar-refractivity contribution in [3.63, 3.8) is 0 Å². The van der Waals surface area contributed by atoms with Crippen LogP contribution in [-0.4, -0.2) is 10.5 Å². The highest BCUT2D eigenvalue weighted by atomic mass is 35.5. The second-order valence-corrected chi connectivity index (χ2v) is 5.60. The Hall–Kier alpha value is -1.39. The highest BCUT2D eigenvalue weighted by Gasteiger charge is 2.07. The fraction of sp³-hybridized carbons (Fsp3) is 0.286. The fourth-order valence-corrected chi connectivity index (χ4v) is 3.15. The second kappa shape index (κ2) is 6.17. The molecule has 5 heteroatoms. The van der Waals surface area contributed by atoms with Gasteiger partial charge in [-0.15, -0.1) is 6.58 Å². The summed E-state index contributed by atoms with van der Waals surface area (Å²) in [6.07, 6.45) is 3.08. The molecule has 1 amide bonds. The van der Waals surface area contributed by atoms with E-state index in [1.165, 1.54) is 11.3 Å². The van der Waals surface area contributed by atoms with Gasteiger partial charge in [0.1, 0.15) is 0 Å². The third-order valence-corrected chi connectivity index (χ3v) is 3.92. The van der Waals surface area contributed by atoms with Gasteiger partial charge in [-0.25, -0.2) is 0 Å². The standard InChI is InChI=1S/C14H15ClN2OS/c1-3-5-13(18)16-14-17(8-4-2)11-7-6-10(15)9-12(11)19-14/h4,6-7,9H,2-3,5,8H2,1H3. The quantitative estimate of drug-likeness (QED) is 0.790. The summed E-state index contributed by atoms with van der Waals surface area (Å²) in [6.45, 7) is 6.34. The summed E-state index contributed by atoms with van der Waals surface area (Å²) in [4.78, 5) is 16.6. The molecule has 0 N–H and O–H groups in total. The summed E-state index contributed by atoms with van der Waals surface area (Å²) in [6, 6.07) is 5.68. The molecule has 0 fully saturated rings. The molecule has 0 saturated heterocycles. The molecule has 3 nitrogen and oxygen atoms in total. The maximum Gasteiger partial charge on any atom is 0.248 e. The van der Waals surface area contributed by atoms with Crippen LogP contribution in [0.2, 0.25) is 5.02 Å². The van der Waals surface area contributed by atoms with Crippen molar-refractivity contribution < 1.29 is 4.79 Å². The number of amides is 1. The van der Waals surface area contributed by atoms with Gasteiger partial charge in [-0.3, -0.25) is 4.79 Å². The van der Waals surface area contributed by atoms with Crippen LogP contribution in [0.5, 0.6) is 0 Å². The molecule has 0 bridgehead atoms. The molecule has 0 atom stereocenters. The van der Waals surface area contributed by atoms with Gasteiger partial charge in [0.15, 0.2) is 4.80 Å². The van der Waals surface area contributed by atoms with Crippen molar-refractivity contribution in [3.05, 3.63) is 40.7 Å². The Bertz CT molecular complexity index is 684. The van der Waals surface area contributed by atoms with E-state index in [0.29, 0.717) is 22.8 Å². The number of fused-ring (bicyclic) bond motifs is 1. The minimum absolute atomic E-state index is 0.0852. The zero-order chi connectivity index (χ0) is 13.8. The molecule has 1 heterocycles. The van der Waals surface area contributed by atoms with Crippen molar-refractivity contribution in [1.29, 1.82) is 0 Å². The normalized spacial score (nSPS) is 12.0. The summed E-state index contributed by atoms with van der Waals surface area (Å²) in [5.74, 6) is -0.0852. The van der Waals surface area contributed by atoms with Crippen molar-refractivity contribution in [2.45, 2.75) is 26.3 Å². The predicted octanol–water partition coefficient (Wildman–Crippen LogP) is 3.77. The van der Waals surface area contributed by atoms with Crippen LogP contribution in [0.25, 0.3) is 10.2 Å². The largest absolute Gasteiger partial charge is 0.313 e. The topological polar surface area (TPSA) is 34.4 Å². The highest BCUT2D eigenvalue weighted by molar-refractivity contribution is 7.16. The Morgan fingerprint density at radius 3 is 3.05 bits per heavy atom. The van der Waals surface area contributed by atoms with Gasteiger partial charge < -0.3 is 4.57 Å². The highest BCUT2D eigenvalue weighted by Crippen LogP contribution is 2.21. The van der Waals surface area contributed by atoms with Crippen LogP contribution in [0.4, 0.5) is 0 Å². The zero-order valence-corrected chi connectivity index (χ0v) is 12.3. The first-order valence-corrected chi connectivity index (χ1v) is 7.32. The fourth-order valence-electron chi connectivity index (χ4n) is 1.81. The van der Waals surface area contributed by atoms with E-state index in [0.717, 1.165) is 16.6 Å². The number of benzene rings is 1. The van der Waals surface area contributed by atoms with Crippen molar-refractivity contribution in [2.75, 3.05) is 0 Å². The lowest BCUT2D eigenvalue weighted by atomic mass is 10.3. The molecule has 0 unspecified atom stereocenters. The Morgan fingerprint density at radius 2 is 2.37 bits per heavy atom. The Labute approximate surface area is 120 Å². The first-order chi connectivity index (χ1) is 9.15.